The highest BCUT2D eigenvalue weighted by Crippen LogP contribution is 2.23. The maximum atomic E-state index is 11.8. The van der Waals surface area contributed by atoms with Crippen molar-refractivity contribution in [3.05, 3.63) is 76.2 Å². The van der Waals surface area contributed by atoms with Crippen molar-refractivity contribution in [1.82, 2.24) is 9.88 Å². The third-order valence-electron chi connectivity index (χ3n) is 5.00. The lowest BCUT2D eigenvalue weighted by Crippen LogP contribution is -2.40. The number of pyridine rings is 1. The predicted octanol–water partition coefficient (Wildman–Crippen LogP) is 3.88. The first kappa shape index (κ1) is 16.9. The summed E-state index contributed by atoms with van der Waals surface area (Å²) in [6.45, 7) is 5.15. The molecule has 2 aromatic carbocycles. The van der Waals surface area contributed by atoms with Crippen LogP contribution in [0.25, 0.3) is 10.8 Å². The lowest BCUT2D eigenvalue weighted by atomic mass is 10.1. The maximum Gasteiger partial charge on any atom is 0.255 e. The Morgan fingerprint density at radius 3 is 3.00 bits per heavy atom. The third-order valence-corrected chi connectivity index (χ3v) is 5.00. The molecule has 4 nitrogen and oxygen atoms in total. The second-order valence-electron chi connectivity index (χ2n) is 7.16. The molecule has 4 rings (SSSR count). The number of benzene rings is 2. The van der Waals surface area contributed by atoms with E-state index in [1.807, 2.05) is 24.3 Å². The molecule has 0 bridgehead atoms. The number of rotatable bonds is 4. The van der Waals surface area contributed by atoms with Crippen LogP contribution in [0.2, 0.25) is 0 Å². The molecule has 1 fully saturated rings. The van der Waals surface area contributed by atoms with Crippen molar-refractivity contribution in [2.24, 2.45) is 0 Å². The van der Waals surface area contributed by atoms with Crippen molar-refractivity contribution in [1.29, 1.82) is 0 Å². The van der Waals surface area contributed by atoms with Gasteiger partial charge < -0.3 is 9.72 Å². The van der Waals surface area contributed by atoms with Crippen LogP contribution in [0.15, 0.2) is 59.5 Å². The Hall–Kier alpha value is -2.59. The molecule has 0 amide bonds. The molecule has 1 unspecified atom stereocenters. The number of nitrogens with one attached hydrogen (secondary N) is 1. The van der Waals surface area contributed by atoms with Gasteiger partial charge in [-0.15, -0.1) is 0 Å². The van der Waals surface area contributed by atoms with Gasteiger partial charge in [0.15, 0.2) is 0 Å². The number of ether oxygens (including phenoxy) is 1. The van der Waals surface area contributed by atoms with Crippen molar-refractivity contribution in [2.45, 2.75) is 32.4 Å². The normalized spacial score (nSPS) is 18.1. The van der Waals surface area contributed by atoms with Gasteiger partial charge in [-0.05, 0) is 61.5 Å². The van der Waals surface area contributed by atoms with E-state index in [9.17, 15) is 4.79 Å². The van der Waals surface area contributed by atoms with Gasteiger partial charge in [-0.1, -0.05) is 29.8 Å². The van der Waals surface area contributed by atoms with E-state index in [1.54, 1.807) is 6.20 Å². The number of nitrogens with zero attached hydrogens (tertiary/aromatic N) is 1. The number of likely N-dealkylation sites (tertiary alicyclic amines) is 1. The predicted molar refractivity (Wildman–Crippen MR) is 105 cm³/mol. The Labute approximate surface area is 153 Å². The summed E-state index contributed by atoms with van der Waals surface area (Å²) in [6.07, 6.45) is 4.08. The number of aromatic nitrogens is 1. The van der Waals surface area contributed by atoms with Crippen LogP contribution < -0.4 is 10.3 Å². The van der Waals surface area contributed by atoms with Crippen molar-refractivity contribution in [3.8, 4) is 5.75 Å². The summed E-state index contributed by atoms with van der Waals surface area (Å²) in [7, 11) is 0. The molecular formula is C22H24N2O2. The van der Waals surface area contributed by atoms with E-state index in [0.29, 0.717) is 5.39 Å². The summed E-state index contributed by atoms with van der Waals surface area (Å²) in [6, 6.07) is 16.3. The van der Waals surface area contributed by atoms with E-state index in [2.05, 4.69) is 41.1 Å². The Kier molecular flexibility index (Phi) is 4.76. The number of piperidine rings is 1. The van der Waals surface area contributed by atoms with Crippen LogP contribution in [-0.4, -0.2) is 29.1 Å². The van der Waals surface area contributed by atoms with Gasteiger partial charge in [0.1, 0.15) is 11.9 Å². The van der Waals surface area contributed by atoms with Gasteiger partial charge in [0.05, 0.1) is 0 Å². The SMILES string of the molecule is Cc1cccc(CN2CCCC(Oc3ccc4c(=O)[nH]ccc4c3)C2)c1. The van der Waals surface area contributed by atoms with Crippen LogP contribution in [0.5, 0.6) is 5.75 Å². The molecule has 1 atom stereocenters. The summed E-state index contributed by atoms with van der Waals surface area (Å²) in [5, 5.41) is 1.61. The third kappa shape index (κ3) is 3.81. The number of H-pyrrole nitrogens is 1. The van der Waals surface area contributed by atoms with Gasteiger partial charge in [0.25, 0.3) is 5.56 Å². The van der Waals surface area contributed by atoms with Crippen molar-refractivity contribution >= 4 is 10.8 Å². The van der Waals surface area contributed by atoms with E-state index in [1.165, 1.54) is 11.1 Å². The number of aromatic amines is 1. The summed E-state index contributed by atoms with van der Waals surface area (Å²) < 4.78 is 6.24. The van der Waals surface area contributed by atoms with E-state index >= 15 is 0 Å². The van der Waals surface area contributed by atoms with Gasteiger partial charge >= 0.3 is 0 Å². The molecule has 0 radical (unpaired) electrons. The molecule has 0 aliphatic carbocycles. The molecule has 134 valence electrons. The minimum absolute atomic E-state index is 0.0592. The second-order valence-corrected chi connectivity index (χ2v) is 7.16. The number of hydrogen-bond acceptors (Lipinski definition) is 3. The van der Waals surface area contributed by atoms with Crippen molar-refractivity contribution < 1.29 is 4.74 Å². The molecule has 0 saturated carbocycles. The highest BCUT2D eigenvalue weighted by molar-refractivity contribution is 5.82. The largest absolute Gasteiger partial charge is 0.489 e. The summed E-state index contributed by atoms with van der Waals surface area (Å²) >= 11 is 0. The molecule has 0 spiro atoms. The quantitative estimate of drug-likeness (QED) is 0.778. The molecule has 26 heavy (non-hydrogen) atoms. The molecule has 1 aliphatic heterocycles. The van der Waals surface area contributed by atoms with Crippen LogP contribution in [0.3, 0.4) is 0 Å². The van der Waals surface area contributed by atoms with Crippen LogP contribution in [0.1, 0.15) is 24.0 Å². The topological polar surface area (TPSA) is 45.3 Å². The zero-order valence-corrected chi connectivity index (χ0v) is 15.1. The minimum atomic E-state index is -0.0592. The van der Waals surface area contributed by atoms with Gasteiger partial charge in [0.2, 0.25) is 0 Å². The van der Waals surface area contributed by atoms with Crippen molar-refractivity contribution in [2.75, 3.05) is 13.1 Å². The number of hydrogen-bond donors (Lipinski definition) is 1. The lowest BCUT2D eigenvalue weighted by Gasteiger charge is -2.33. The molecule has 4 heteroatoms. The van der Waals surface area contributed by atoms with Gasteiger partial charge in [-0.3, -0.25) is 9.69 Å². The Morgan fingerprint density at radius 1 is 1.19 bits per heavy atom. The molecule has 1 aliphatic rings. The van der Waals surface area contributed by atoms with Crippen LogP contribution in [0, 0.1) is 6.92 Å². The number of fused-ring (bicyclic) bond motifs is 1. The summed E-state index contributed by atoms with van der Waals surface area (Å²) in [5.74, 6) is 0.838. The monoisotopic (exact) mass is 348 g/mol. The first-order chi connectivity index (χ1) is 12.7. The highest BCUT2D eigenvalue weighted by atomic mass is 16.5. The fourth-order valence-electron chi connectivity index (χ4n) is 3.76. The van der Waals surface area contributed by atoms with Gasteiger partial charge in [-0.2, -0.15) is 0 Å². The molecule has 1 saturated heterocycles. The van der Waals surface area contributed by atoms with E-state index in [4.69, 9.17) is 4.74 Å². The van der Waals surface area contributed by atoms with E-state index in [-0.39, 0.29) is 11.7 Å². The van der Waals surface area contributed by atoms with Crippen LogP contribution >= 0.6 is 0 Å². The zero-order valence-electron chi connectivity index (χ0n) is 15.1. The van der Waals surface area contributed by atoms with Crippen LogP contribution in [0.4, 0.5) is 0 Å². The minimum Gasteiger partial charge on any atom is -0.489 e. The van der Waals surface area contributed by atoms with Crippen LogP contribution in [-0.2, 0) is 6.54 Å². The summed E-state index contributed by atoms with van der Waals surface area (Å²) in [4.78, 5) is 17.0. The fraction of sp³-hybridized carbons (Fsp3) is 0.318. The molecule has 2 heterocycles. The molecular weight excluding hydrogens is 324 g/mol. The van der Waals surface area contributed by atoms with Gasteiger partial charge in [-0.25, -0.2) is 0 Å². The van der Waals surface area contributed by atoms with Gasteiger partial charge in [0, 0.05) is 24.7 Å². The van der Waals surface area contributed by atoms with E-state index in [0.717, 1.165) is 43.6 Å². The average Bonchev–Trinajstić information content (AvgIpc) is 2.62. The Balaban J connectivity index is 1.44. The lowest BCUT2D eigenvalue weighted by molar-refractivity contribution is 0.0844. The maximum absolute atomic E-state index is 11.8. The molecule has 3 aromatic rings. The Morgan fingerprint density at radius 2 is 2.12 bits per heavy atom. The number of aryl methyl sites for hydroxylation is 1. The standard InChI is InChI=1S/C22H24N2O2/c1-16-4-2-5-17(12-16)14-24-11-3-6-20(15-24)26-19-7-8-21-18(13-19)9-10-23-22(21)25/h2,4-5,7-10,12-13,20H,3,6,11,14-15H2,1H3,(H,23,25). The molecule has 1 aromatic heterocycles. The zero-order chi connectivity index (χ0) is 17.9. The molecule has 1 N–H and O–H groups in total. The average molecular weight is 348 g/mol. The second kappa shape index (κ2) is 7.34. The first-order valence-corrected chi connectivity index (χ1v) is 9.23. The smallest absolute Gasteiger partial charge is 0.255 e. The van der Waals surface area contributed by atoms with E-state index < -0.39 is 0 Å². The highest BCUT2D eigenvalue weighted by Gasteiger charge is 2.21. The first-order valence-electron chi connectivity index (χ1n) is 9.23. The van der Waals surface area contributed by atoms with Crippen molar-refractivity contribution in [3.63, 3.8) is 0 Å². The summed E-state index contributed by atoms with van der Waals surface area (Å²) in [5.41, 5.74) is 2.60. The fourth-order valence-corrected chi connectivity index (χ4v) is 3.76. The Bertz CT molecular complexity index is 964.